The summed E-state index contributed by atoms with van der Waals surface area (Å²) in [6.45, 7) is 6.42. The molecule has 4 heterocycles. The fraction of sp³-hybridized carbons (Fsp3) is 0.296. The van der Waals surface area contributed by atoms with Crippen LogP contribution >= 0.6 is 0 Å². The standard InChI is InChI=1S/C27H28N8O2/c1-16-11-17(5-8-22(16)37-18-6-7-21-19(12-18)31-15-34(21)4)32-25-24-20(29-14-30-25)13-28-26(33-24)35-10-9-23(35)27(2,3)36/h5-8,11-15,23,36H,9-10H2,1-4H3,(H,29,30,32)/t23-/m0/s1. The first-order valence-electron chi connectivity index (χ1n) is 12.2. The van der Waals surface area contributed by atoms with Gasteiger partial charge in [-0.3, -0.25) is 0 Å². The lowest BCUT2D eigenvalue weighted by Gasteiger charge is -2.47. The second kappa shape index (κ2) is 8.67. The highest BCUT2D eigenvalue weighted by Gasteiger charge is 2.40. The van der Waals surface area contributed by atoms with Crippen molar-refractivity contribution in [3.63, 3.8) is 0 Å². The molecule has 3 aromatic heterocycles. The second-order valence-electron chi connectivity index (χ2n) is 9.99. The summed E-state index contributed by atoms with van der Waals surface area (Å²) in [6, 6.07) is 11.7. The summed E-state index contributed by atoms with van der Waals surface area (Å²) >= 11 is 0. The van der Waals surface area contributed by atoms with E-state index in [9.17, 15) is 5.11 Å². The summed E-state index contributed by atoms with van der Waals surface area (Å²) in [6.07, 6.45) is 5.88. The van der Waals surface area contributed by atoms with E-state index in [-0.39, 0.29) is 6.04 Å². The number of hydrogen-bond acceptors (Lipinski definition) is 9. The molecule has 1 aliphatic rings. The third-order valence-corrected chi connectivity index (χ3v) is 6.82. The molecule has 0 unspecified atom stereocenters. The Bertz CT molecular complexity index is 1620. The average molecular weight is 497 g/mol. The van der Waals surface area contributed by atoms with Gasteiger partial charge in [0.25, 0.3) is 0 Å². The minimum absolute atomic E-state index is 0.0282. The van der Waals surface area contributed by atoms with Crippen molar-refractivity contribution in [2.75, 3.05) is 16.8 Å². The van der Waals surface area contributed by atoms with Gasteiger partial charge in [0.1, 0.15) is 28.9 Å². The lowest BCUT2D eigenvalue weighted by molar-refractivity contribution is 0.0286. The van der Waals surface area contributed by atoms with Crippen LogP contribution in [0.4, 0.5) is 17.5 Å². The Morgan fingerprint density at radius 2 is 1.92 bits per heavy atom. The molecule has 10 nitrogen and oxygen atoms in total. The van der Waals surface area contributed by atoms with Crippen molar-refractivity contribution in [2.45, 2.75) is 38.8 Å². The van der Waals surface area contributed by atoms with Crippen molar-refractivity contribution in [3.05, 3.63) is 60.8 Å². The fourth-order valence-corrected chi connectivity index (χ4v) is 4.72. The fourth-order valence-electron chi connectivity index (χ4n) is 4.72. The average Bonchev–Trinajstić information content (AvgIpc) is 3.19. The molecule has 0 bridgehead atoms. The first-order chi connectivity index (χ1) is 17.8. The molecule has 188 valence electrons. The van der Waals surface area contributed by atoms with Gasteiger partial charge in [-0.1, -0.05) is 0 Å². The summed E-state index contributed by atoms with van der Waals surface area (Å²) in [5, 5.41) is 13.8. The van der Waals surface area contributed by atoms with Gasteiger partial charge >= 0.3 is 0 Å². The zero-order valence-electron chi connectivity index (χ0n) is 21.2. The molecule has 0 aliphatic carbocycles. The predicted octanol–water partition coefficient (Wildman–Crippen LogP) is 4.50. The molecular weight excluding hydrogens is 468 g/mol. The number of imidazole rings is 1. The van der Waals surface area contributed by atoms with Crippen LogP contribution in [-0.2, 0) is 7.05 Å². The van der Waals surface area contributed by atoms with Crippen LogP contribution in [0.1, 0.15) is 25.8 Å². The van der Waals surface area contributed by atoms with Gasteiger partial charge in [-0.2, -0.15) is 0 Å². The number of rotatable bonds is 6. The number of nitrogens with zero attached hydrogens (tertiary/aromatic N) is 7. The Hall–Kier alpha value is -4.31. The number of fused-ring (bicyclic) bond motifs is 2. The molecule has 2 N–H and O–H groups in total. The van der Waals surface area contributed by atoms with Gasteiger partial charge in [-0.05, 0) is 63.1 Å². The molecule has 1 aliphatic heterocycles. The van der Waals surface area contributed by atoms with Crippen LogP contribution in [0.3, 0.4) is 0 Å². The Kier molecular flexibility index (Phi) is 5.41. The molecule has 5 aromatic rings. The molecule has 0 radical (unpaired) electrons. The Balaban J connectivity index is 1.25. The highest BCUT2D eigenvalue weighted by Crippen LogP contribution is 2.33. The number of hydrogen-bond donors (Lipinski definition) is 2. The van der Waals surface area contributed by atoms with Crippen molar-refractivity contribution in [2.24, 2.45) is 7.05 Å². The normalized spacial score (nSPS) is 15.7. The zero-order valence-corrected chi connectivity index (χ0v) is 21.2. The Labute approximate surface area is 214 Å². The van der Waals surface area contributed by atoms with E-state index in [1.807, 2.05) is 73.7 Å². The van der Waals surface area contributed by atoms with Crippen molar-refractivity contribution in [1.29, 1.82) is 0 Å². The van der Waals surface area contributed by atoms with Crippen LogP contribution in [0.5, 0.6) is 11.5 Å². The molecule has 0 amide bonds. The highest BCUT2D eigenvalue weighted by atomic mass is 16.5. The van der Waals surface area contributed by atoms with Crippen molar-refractivity contribution in [3.8, 4) is 11.5 Å². The largest absolute Gasteiger partial charge is 0.457 e. The molecule has 1 fully saturated rings. The van der Waals surface area contributed by atoms with E-state index in [0.29, 0.717) is 22.8 Å². The number of anilines is 3. The summed E-state index contributed by atoms with van der Waals surface area (Å²) in [4.78, 5) is 24.5. The first-order valence-corrected chi connectivity index (χ1v) is 12.2. The number of benzene rings is 2. The summed E-state index contributed by atoms with van der Waals surface area (Å²) < 4.78 is 8.13. The van der Waals surface area contributed by atoms with Gasteiger partial charge in [0.2, 0.25) is 5.95 Å². The number of ether oxygens (including phenoxy) is 1. The molecule has 1 atom stereocenters. The number of aliphatic hydroxyl groups is 1. The third-order valence-electron chi connectivity index (χ3n) is 6.82. The minimum Gasteiger partial charge on any atom is -0.457 e. The van der Waals surface area contributed by atoms with Crippen LogP contribution in [0.2, 0.25) is 0 Å². The molecule has 6 rings (SSSR count). The second-order valence-corrected chi connectivity index (χ2v) is 9.99. The Morgan fingerprint density at radius 1 is 1.05 bits per heavy atom. The van der Waals surface area contributed by atoms with Crippen molar-refractivity contribution < 1.29 is 9.84 Å². The third kappa shape index (κ3) is 4.29. The molecular formula is C27H28N8O2. The maximum atomic E-state index is 10.5. The topological polar surface area (TPSA) is 114 Å². The Morgan fingerprint density at radius 3 is 2.68 bits per heavy atom. The van der Waals surface area contributed by atoms with Crippen LogP contribution in [0.25, 0.3) is 22.1 Å². The van der Waals surface area contributed by atoms with Gasteiger partial charge in [-0.15, -0.1) is 0 Å². The predicted molar refractivity (Wildman–Crippen MR) is 142 cm³/mol. The maximum absolute atomic E-state index is 10.5. The van der Waals surface area contributed by atoms with Crippen LogP contribution in [0, 0.1) is 6.92 Å². The summed E-state index contributed by atoms with van der Waals surface area (Å²) in [5.74, 6) is 2.64. The van der Waals surface area contributed by atoms with Crippen LogP contribution < -0.4 is 15.0 Å². The molecule has 0 spiro atoms. The molecule has 10 heteroatoms. The molecule has 37 heavy (non-hydrogen) atoms. The molecule has 0 saturated carbocycles. The van der Waals surface area contributed by atoms with Gasteiger partial charge in [-0.25, -0.2) is 24.9 Å². The maximum Gasteiger partial charge on any atom is 0.226 e. The van der Waals surface area contributed by atoms with E-state index in [2.05, 4.69) is 25.3 Å². The van der Waals surface area contributed by atoms with E-state index in [4.69, 9.17) is 9.72 Å². The van der Waals surface area contributed by atoms with Crippen LogP contribution in [-0.4, -0.2) is 52.8 Å². The van der Waals surface area contributed by atoms with Gasteiger partial charge in [0.15, 0.2) is 5.82 Å². The summed E-state index contributed by atoms with van der Waals surface area (Å²) in [7, 11) is 1.97. The lowest BCUT2D eigenvalue weighted by Crippen LogP contribution is -2.59. The van der Waals surface area contributed by atoms with E-state index in [1.54, 1.807) is 12.5 Å². The number of aryl methyl sites for hydroxylation is 2. The molecule has 1 saturated heterocycles. The minimum atomic E-state index is -0.838. The van der Waals surface area contributed by atoms with Crippen molar-refractivity contribution in [1.82, 2.24) is 29.5 Å². The molecule has 2 aromatic carbocycles. The zero-order chi connectivity index (χ0) is 25.7. The number of aromatic nitrogens is 6. The van der Waals surface area contributed by atoms with E-state index >= 15 is 0 Å². The van der Waals surface area contributed by atoms with Crippen LogP contribution in [0.15, 0.2) is 55.2 Å². The quantitative estimate of drug-likeness (QED) is 0.351. The van der Waals surface area contributed by atoms with E-state index in [1.165, 1.54) is 6.33 Å². The lowest BCUT2D eigenvalue weighted by atomic mass is 9.88. The number of nitrogens with one attached hydrogen (secondary N) is 1. The van der Waals surface area contributed by atoms with Gasteiger partial charge < -0.3 is 24.6 Å². The van der Waals surface area contributed by atoms with Crippen molar-refractivity contribution >= 4 is 39.5 Å². The van der Waals surface area contributed by atoms with E-state index < -0.39 is 5.60 Å². The van der Waals surface area contributed by atoms with Gasteiger partial charge in [0, 0.05) is 25.3 Å². The monoisotopic (exact) mass is 496 g/mol. The first kappa shape index (κ1) is 23.1. The highest BCUT2D eigenvalue weighted by molar-refractivity contribution is 5.87. The SMILES string of the molecule is Cc1cc(Nc2ncnc3cnc(N4CC[C@H]4C(C)(C)O)nc23)ccc1Oc1ccc2c(c1)ncn2C. The van der Waals surface area contributed by atoms with E-state index in [0.717, 1.165) is 46.7 Å². The smallest absolute Gasteiger partial charge is 0.226 e. The summed E-state index contributed by atoms with van der Waals surface area (Å²) in [5.41, 5.74) is 4.18. The van der Waals surface area contributed by atoms with Gasteiger partial charge in [0.05, 0.1) is 35.2 Å².